The molecular formula is C21H22ClN3O3S2. The maximum atomic E-state index is 12.5. The molecule has 2 heterocycles. The van der Waals surface area contributed by atoms with Crippen LogP contribution >= 0.6 is 22.9 Å². The van der Waals surface area contributed by atoms with Crippen molar-refractivity contribution in [2.75, 3.05) is 19.6 Å². The van der Waals surface area contributed by atoms with E-state index in [0.29, 0.717) is 24.0 Å². The van der Waals surface area contributed by atoms with E-state index in [1.54, 1.807) is 23.5 Å². The summed E-state index contributed by atoms with van der Waals surface area (Å²) in [5.74, 6) is 0.333. The second-order valence-electron chi connectivity index (χ2n) is 7.28. The van der Waals surface area contributed by atoms with Gasteiger partial charge in [0.1, 0.15) is 0 Å². The number of nitrogens with zero attached hydrogens (tertiary/aromatic N) is 2. The predicted octanol–water partition coefficient (Wildman–Crippen LogP) is 4.02. The second kappa shape index (κ2) is 9.01. The summed E-state index contributed by atoms with van der Waals surface area (Å²) in [4.78, 5) is 19.2. The summed E-state index contributed by atoms with van der Waals surface area (Å²) in [6.45, 7) is 1.40. The van der Waals surface area contributed by atoms with Gasteiger partial charge in [0.05, 0.1) is 20.1 Å². The van der Waals surface area contributed by atoms with Crippen molar-refractivity contribution in [3.8, 4) is 0 Å². The summed E-state index contributed by atoms with van der Waals surface area (Å²) in [5, 5.41) is 1.49. The third-order valence-electron chi connectivity index (χ3n) is 5.24. The Morgan fingerprint density at radius 3 is 2.67 bits per heavy atom. The number of fused-ring (bicyclic) bond motifs is 1. The van der Waals surface area contributed by atoms with E-state index in [1.165, 1.54) is 16.8 Å². The fourth-order valence-corrected chi connectivity index (χ4v) is 6.08. The molecule has 2 aromatic carbocycles. The fraction of sp³-hybridized carbons (Fsp3) is 0.333. The number of para-hydroxylation sites is 1. The molecule has 1 N–H and O–H groups in total. The highest BCUT2D eigenvalue weighted by Crippen LogP contribution is 2.33. The summed E-state index contributed by atoms with van der Waals surface area (Å²) in [7, 11) is -3.68. The number of nitrogens with one attached hydrogen (secondary N) is 1. The van der Waals surface area contributed by atoms with Crippen molar-refractivity contribution in [1.29, 1.82) is 0 Å². The minimum absolute atomic E-state index is 0.0356. The van der Waals surface area contributed by atoms with Gasteiger partial charge in [-0.25, -0.2) is 18.1 Å². The van der Waals surface area contributed by atoms with E-state index >= 15 is 0 Å². The van der Waals surface area contributed by atoms with Gasteiger partial charge in [0, 0.05) is 37.0 Å². The molecule has 0 bridgehead atoms. The highest BCUT2D eigenvalue weighted by atomic mass is 35.5. The van der Waals surface area contributed by atoms with Crippen LogP contribution in [0.2, 0.25) is 5.02 Å². The summed E-state index contributed by atoms with van der Waals surface area (Å²) < 4.78 is 28.3. The molecule has 158 valence electrons. The molecule has 4 rings (SSSR count). The van der Waals surface area contributed by atoms with Crippen LogP contribution in [0.4, 0.5) is 0 Å². The van der Waals surface area contributed by atoms with Crippen LogP contribution in [0.15, 0.2) is 53.4 Å². The standard InChI is InChI=1S/C21H22ClN3O3S2/c22-16-4-3-5-17(14-16)30(27,28)23-11-8-20(26)25-12-9-15(10-13-25)21-24-18-6-1-2-7-19(18)29-21/h1-7,14-15,23H,8-13H2. The predicted molar refractivity (Wildman–Crippen MR) is 119 cm³/mol. The number of thiazole rings is 1. The van der Waals surface area contributed by atoms with E-state index in [2.05, 4.69) is 10.8 Å². The largest absolute Gasteiger partial charge is 0.343 e. The zero-order valence-corrected chi connectivity index (χ0v) is 18.6. The summed E-state index contributed by atoms with van der Waals surface area (Å²) in [5.41, 5.74) is 1.03. The maximum absolute atomic E-state index is 12.5. The number of benzene rings is 2. The zero-order chi connectivity index (χ0) is 21.1. The minimum Gasteiger partial charge on any atom is -0.343 e. The van der Waals surface area contributed by atoms with Gasteiger partial charge >= 0.3 is 0 Å². The van der Waals surface area contributed by atoms with Gasteiger partial charge in [0.15, 0.2) is 0 Å². The molecule has 0 saturated carbocycles. The first-order valence-electron chi connectivity index (χ1n) is 9.81. The van der Waals surface area contributed by atoms with Crippen molar-refractivity contribution in [3.63, 3.8) is 0 Å². The van der Waals surface area contributed by atoms with Crippen molar-refractivity contribution in [1.82, 2.24) is 14.6 Å². The number of piperidine rings is 1. The van der Waals surface area contributed by atoms with Gasteiger partial charge in [-0.05, 0) is 43.2 Å². The molecule has 0 aliphatic carbocycles. The van der Waals surface area contributed by atoms with E-state index in [1.807, 2.05) is 23.1 Å². The number of hydrogen-bond donors (Lipinski definition) is 1. The summed E-state index contributed by atoms with van der Waals surface area (Å²) in [6.07, 6.45) is 1.88. The van der Waals surface area contributed by atoms with Crippen LogP contribution in [0.25, 0.3) is 10.2 Å². The molecular weight excluding hydrogens is 442 g/mol. The van der Waals surface area contributed by atoms with Crippen molar-refractivity contribution < 1.29 is 13.2 Å². The van der Waals surface area contributed by atoms with Gasteiger partial charge in [0.2, 0.25) is 15.9 Å². The lowest BCUT2D eigenvalue weighted by Crippen LogP contribution is -2.39. The number of aromatic nitrogens is 1. The third-order valence-corrected chi connectivity index (χ3v) is 8.14. The van der Waals surface area contributed by atoms with Gasteiger partial charge in [-0.3, -0.25) is 4.79 Å². The van der Waals surface area contributed by atoms with E-state index in [4.69, 9.17) is 16.6 Å². The van der Waals surface area contributed by atoms with Gasteiger partial charge in [-0.2, -0.15) is 0 Å². The lowest BCUT2D eigenvalue weighted by Gasteiger charge is -2.31. The lowest BCUT2D eigenvalue weighted by molar-refractivity contribution is -0.132. The van der Waals surface area contributed by atoms with Crippen molar-refractivity contribution in [3.05, 3.63) is 58.6 Å². The molecule has 0 spiro atoms. The molecule has 1 fully saturated rings. The van der Waals surface area contributed by atoms with E-state index in [0.717, 1.165) is 23.4 Å². The van der Waals surface area contributed by atoms with Crippen LogP contribution in [0.3, 0.4) is 0 Å². The Hall–Kier alpha value is -2.00. The van der Waals surface area contributed by atoms with E-state index < -0.39 is 10.0 Å². The van der Waals surface area contributed by atoms with Crippen LogP contribution < -0.4 is 4.72 Å². The van der Waals surface area contributed by atoms with E-state index in [-0.39, 0.29) is 23.8 Å². The maximum Gasteiger partial charge on any atom is 0.240 e. The molecule has 0 unspecified atom stereocenters. The minimum atomic E-state index is -3.68. The quantitative estimate of drug-likeness (QED) is 0.598. The topological polar surface area (TPSA) is 79.4 Å². The lowest BCUT2D eigenvalue weighted by atomic mass is 9.97. The molecule has 1 saturated heterocycles. The third kappa shape index (κ3) is 4.83. The van der Waals surface area contributed by atoms with Gasteiger partial charge in [0.25, 0.3) is 0 Å². The monoisotopic (exact) mass is 463 g/mol. The summed E-state index contributed by atoms with van der Waals surface area (Å²) in [6, 6.07) is 14.2. The highest BCUT2D eigenvalue weighted by Gasteiger charge is 2.26. The molecule has 1 aromatic heterocycles. The number of sulfonamides is 1. The van der Waals surface area contributed by atoms with Crippen molar-refractivity contribution in [2.45, 2.75) is 30.1 Å². The number of carbonyl (C=O) groups excluding carboxylic acids is 1. The van der Waals surface area contributed by atoms with Gasteiger partial charge in [-0.15, -0.1) is 11.3 Å². The van der Waals surface area contributed by atoms with Crippen LogP contribution in [-0.2, 0) is 14.8 Å². The second-order valence-corrected chi connectivity index (χ2v) is 10.5. The van der Waals surface area contributed by atoms with Crippen LogP contribution in [0, 0.1) is 0 Å². The molecule has 3 aromatic rings. The van der Waals surface area contributed by atoms with Gasteiger partial charge < -0.3 is 4.90 Å². The Morgan fingerprint density at radius 2 is 1.93 bits per heavy atom. The molecule has 9 heteroatoms. The zero-order valence-electron chi connectivity index (χ0n) is 16.3. The number of carbonyl (C=O) groups is 1. The molecule has 1 amide bonds. The normalized spacial score (nSPS) is 15.6. The first kappa shape index (κ1) is 21.2. The Kier molecular flexibility index (Phi) is 6.38. The smallest absolute Gasteiger partial charge is 0.240 e. The number of rotatable bonds is 6. The van der Waals surface area contributed by atoms with Crippen molar-refractivity contribution >= 4 is 49.1 Å². The Balaban J connectivity index is 1.27. The molecule has 1 aliphatic rings. The first-order chi connectivity index (χ1) is 14.4. The Bertz CT molecular complexity index is 1120. The van der Waals surface area contributed by atoms with Crippen LogP contribution in [0.1, 0.15) is 30.2 Å². The fourth-order valence-electron chi connectivity index (χ4n) is 3.61. The molecule has 0 atom stereocenters. The van der Waals surface area contributed by atoms with Crippen molar-refractivity contribution in [2.24, 2.45) is 0 Å². The number of likely N-dealkylation sites (tertiary alicyclic amines) is 1. The molecule has 30 heavy (non-hydrogen) atoms. The SMILES string of the molecule is O=C(CCNS(=O)(=O)c1cccc(Cl)c1)N1CCC(c2nc3ccccc3s2)CC1. The number of halogens is 1. The molecule has 6 nitrogen and oxygen atoms in total. The first-order valence-corrected chi connectivity index (χ1v) is 12.5. The molecule has 1 aliphatic heterocycles. The van der Waals surface area contributed by atoms with Crippen LogP contribution in [0.5, 0.6) is 0 Å². The van der Waals surface area contributed by atoms with E-state index in [9.17, 15) is 13.2 Å². The van der Waals surface area contributed by atoms with Crippen LogP contribution in [-0.4, -0.2) is 43.8 Å². The highest BCUT2D eigenvalue weighted by molar-refractivity contribution is 7.89. The number of hydrogen-bond acceptors (Lipinski definition) is 5. The Morgan fingerprint density at radius 1 is 1.17 bits per heavy atom. The summed E-state index contributed by atoms with van der Waals surface area (Å²) >= 11 is 7.59. The molecule has 0 radical (unpaired) electrons. The number of amides is 1. The average Bonchev–Trinajstić information content (AvgIpc) is 3.18. The van der Waals surface area contributed by atoms with Gasteiger partial charge in [-0.1, -0.05) is 29.8 Å². The Labute approximate surface area is 184 Å². The average molecular weight is 464 g/mol.